The molecule has 1 aliphatic carbocycles. The van der Waals surface area contributed by atoms with E-state index in [9.17, 15) is 9.59 Å². The second-order valence-electron chi connectivity index (χ2n) is 7.42. The van der Waals surface area contributed by atoms with Crippen LogP contribution in [0.25, 0.3) is 0 Å². The van der Waals surface area contributed by atoms with Gasteiger partial charge in [0.1, 0.15) is 0 Å². The number of rotatable bonds is 5. The highest BCUT2D eigenvalue weighted by Crippen LogP contribution is 2.40. The second kappa shape index (κ2) is 7.31. The smallest absolute Gasteiger partial charge is 0.233 e. The van der Waals surface area contributed by atoms with E-state index in [1.807, 2.05) is 42.3 Å². The molecule has 0 radical (unpaired) electrons. The number of aromatic nitrogens is 1. The topological polar surface area (TPSA) is 65.5 Å². The summed E-state index contributed by atoms with van der Waals surface area (Å²) in [5, 5.41) is 5.19. The second-order valence-corrected chi connectivity index (χ2v) is 8.28. The van der Waals surface area contributed by atoms with Crippen LogP contribution < -0.4 is 15.1 Å². The van der Waals surface area contributed by atoms with E-state index in [2.05, 4.69) is 21.3 Å². The molecule has 0 spiro atoms. The minimum absolute atomic E-state index is 0.0462. The van der Waals surface area contributed by atoms with Gasteiger partial charge < -0.3 is 15.1 Å². The molecule has 6 nitrogen and oxygen atoms in total. The number of para-hydroxylation sites is 2. The molecule has 1 saturated carbocycles. The summed E-state index contributed by atoms with van der Waals surface area (Å²) in [7, 11) is 0. The molecule has 2 aromatic rings. The van der Waals surface area contributed by atoms with Gasteiger partial charge in [-0.15, -0.1) is 11.3 Å². The molecular weight excluding hydrogens is 360 g/mol. The summed E-state index contributed by atoms with van der Waals surface area (Å²) in [6.07, 6.45) is 2.73. The Kier molecular flexibility index (Phi) is 4.86. The summed E-state index contributed by atoms with van der Waals surface area (Å²) in [6.45, 7) is 5.26. The van der Waals surface area contributed by atoms with Crippen molar-refractivity contribution in [1.82, 2.24) is 4.98 Å². The van der Waals surface area contributed by atoms with Crippen LogP contribution in [0.15, 0.2) is 29.6 Å². The number of amides is 2. The van der Waals surface area contributed by atoms with Gasteiger partial charge in [0.15, 0.2) is 5.13 Å². The lowest BCUT2D eigenvalue weighted by Gasteiger charge is -2.38. The van der Waals surface area contributed by atoms with Crippen molar-refractivity contribution in [2.75, 3.05) is 28.2 Å². The predicted molar refractivity (Wildman–Crippen MR) is 108 cm³/mol. The first-order valence-corrected chi connectivity index (χ1v) is 10.3. The molecule has 27 heavy (non-hydrogen) atoms. The maximum absolute atomic E-state index is 12.9. The monoisotopic (exact) mass is 384 g/mol. The van der Waals surface area contributed by atoms with E-state index in [4.69, 9.17) is 0 Å². The van der Waals surface area contributed by atoms with Crippen molar-refractivity contribution in [1.29, 1.82) is 0 Å². The summed E-state index contributed by atoms with van der Waals surface area (Å²) in [6, 6.07) is 8.78. The predicted octanol–water partition coefficient (Wildman–Crippen LogP) is 3.30. The Morgan fingerprint density at radius 2 is 1.96 bits per heavy atom. The van der Waals surface area contributed by atoms with Crippen molar-refractivity contribution >= 4 is 39.7 Å². The van der Waals surface area contributed by atoms with E-state index < -0.39 is 0 Å². The number of fused-ring (bicyclic) bond motifs is 1. The van der Waals surface area contributed by atoms with Crippen molar-refractivity contribution in [2.24, 2.45) is 5.92 Å². The van der Waals surface area contributed by atoms with Gasteiger partial charge in [0, 0.05) is 30.4 Å². The molecule has 142 valence electrons. The van der Waals surface area contributed by atoms with Gasteiger partial charge in [0.25, 0.3) is 0 Å². The van der Waals surface area contributed by atoms with E-state index >= 15 is 0 Å². The molecule has 1 aromatic carbocycles. The van der Waals surface area contributed by atoms with Gasteiger partial charge in [0.2, 0.25) is 11.8 Å². The van der Waals surface area contributed by atoms with Gasteiger partial charge in [-0.2, -0.15) is 0 Å². The van der Waals surface area contributed by atoms with Gasteiger partial charge in [0.05, 0.1) is 23.5 Å². The minimum atomic E-state index is -0.0988. The molecule has 0 atom stereocenters. The first kappa shape index (κ1) is 18.0. The standard InChI is InChI=1S/C20H24N4O2S/c1-13(2)19(26)22-20-21-14(12-27-20)11-18(25)24-10-9-23(15-7-8-15)16-5-3-4-6-17(16)24/h3-6,12-13,15H,7-11H2,1-2H3,(H,21,22,26). The van der Waals surface area contributed by atoms with Gasteiger partial charge in [-0.05, 0) is 25.0 Å². The number of benzene rings is 1. The van der Waals surface area contributed by atoms with E-state index in [1.165, 1.54) is 24.2 Å². The Labute approximate surface area is 163 Å². The van der Waals surface area contributed by atoms with Crippen LogP contribution in [0, 0.1) is 5.92 Å². The molecule has 7 heteroatoms. The average Bonchev–Trinajstić information content (AvgIpc) is 3.41. The molecule has 0 saturated heterocycles. The number of nitrogens with zero attached hydrogens (tertiary/aromatic N) is 3. The van der Waals surface area contributed by atoms with E-state index in [0.717, 1.165) is 17.9 Å². The zero-order chi connectivity index (χ0) is 19.0. The molecule has 2 aliphatic rings. The van der Waals surface area contributed by atoms with Crippen molar-refractivity contribution in [3.8, 4) is 0 Å². The Balaban J connectivity index is 1.46. The van der Waals surface area contributed by atoms with Gasteiger partial charge in [-0.25, -0.2) is 4.98 Å². The molecule has 1 N–H and O–H groups in total. The number of hydrogen-bond donors (Lipinski definition) is 1. The summed E-state index contributed by atoms with van der Waals surface area (Å²) >= 11 is 1.36. The average molecular weight is 385 g/mol. The molecule has 2 heterocycles. The van der Waals surface area contributed by atoms with Crippen LogP contribution in [-0.2, 0) is 16.0 Å². The molecule has 1 aromatic heterocycles. The number of hydrogen-bond acceptors (Lipinski definition) is 5. The molecule has 1 fully saturated rings. The largest absolute Gasteiger partial charge is 0.365 e. The molecule has 4 rings (SSSR count). The highest BCUT2D eigenvalue weighted by molar-refractivity contribution is 7.13. The molecule has 2 amide bonds. The summed E-state index contributed by atoms with van der Waals surface area (Å²) < 4.78 is 0. The van der Waals surface area contributed by atoms with Crippen LogP contribution in [0.4, 0.5) is 16.5 Å². The van der Waals surface area contributed by atoms with E-state index in [1.54, 1.807) is 0 Å². The van der Waals surface area contributed by atoms with Gasteiger partial charge in [-0.3, -0.25) is 9.59 Å². The Bertz CT molecular complexity index is 859. The zero-order valence-corrected chi connectivity index (χ0v) is 16.5. The van der Waals surface area contributed by atoms with Crippen LogP contribution in [-0.4, -0.2) is 35.9 Å². The van der Waals surface area contributed by atoms with Crippen molar-refractivity contribution in [2.45, 2.75) is 39.2 Å². The highest BCUT2D eigenvalue weighted by Gasteiger charge is 2.35. The van der Waals surface area contributed by atoms with Gasteiger partial charge in [-0.1, -0.05) is 26.0 Å². The van der Waals surface area contributed by atoms with Crippen molar-refractivity contribution < 1.29 is 9.59 Å². The Morgan fingerprint density at radius 3 is 2.67 bits per heavy atom. The van der Waals surface area contributed by atoms with Crippen LogP contribution in [0.2, 0.25) is 0 Å². The maximum atomic E-state index is 12.9. The summed E-state index contributed by atoms with van der Waals surface area (Å²) in [5.41, 5.74) is 2.85. The van der Waals surface area contributed by atoms with Crippen molar-refractivity contribution in [3.05, 3.63) is 35.3 Å². The molecule has 1 aliphatic heterocycles. The Morgan fingerprint density at radius 1 is 1.22 bits per heavy atom. The van der Waals surface area contributed by atoms with E-state index in [0.29, 0.717) is 23.4 Å². The third-order valence-electron chi connectivity index (χ3n) is 4.97. The van der Waals surface area contributed by atoms with Crippen LogP contribution in [0.3, 0.4) is 0 Å². The number of carbonyl (C=O) groups excluding carboxylic acids is 2. The first-order chi connectivity index (χ1) is 13.0. The van der Waals surface area contributed by atoms with Gasteiger partial charge >= 0.3 is 0 Å². The number of anilines is 3. The van der Waals surface area contributed by atoms with Crippen LogP contribution >= 0.6 is 11.3 Å². The fourth-order valence-electron chi connectivity index (χ4n) is 3.35. The third kappa shape index (κ3) is 3.83. The SMILES string of the molecule is CC(C)C(=O)Nc1nc(CC(=O)N2CCN(C3CC3)c3ccccc32)cs1. The van der Waals surface area contributed by atoms with Crippen molar-refractivity contribution in [3.63, 3.8) is 0 Å². The third-order valence-corrected chi connectivity index (χ3v) is 5.78. The van der Waals surface area contributed by atoms with Crippen LogP contribution in [0.1, 0.15) is 32.4 Å². The fraction of sp³-hybridized carbons (Fsp3) is 0.450. The summed E-state index contributed by atoms with van der Waals surface area (Å²) in [4.78, 5) is 33.5. The zero-order valence-electron chi connectivity index (χ0n) is 15.6. The quantitative estimate of drug-likeness (QED) is 0.859. The number of nitrogens with one attached hydrogen (secondary N) is 1. The molecule has 0 unspecified atom stereocenters. The minimum Gasteiger partial charge on any atom is -0.365 e. The highest BCUT2D eigenvalue weighted by atomic mass is 32.1. The Hall–Kier alpha value is -2.41. The number of thiazole rings is 1. The lowest BCUT2D eigenvalue weighted by atomic mass is 10.1. The number of carbonyl (C=O) groups is 2. The summed E-state index contributed by atoms with van der Waals surface area (Å²) in [5.74, 6) is -0.115. The lowest BCUT2D eigenvalue weighted by molar-refractivity contribution is -0.119. The molecule has 0 bridgehead atoms. The molecular formula is C20H24N4O2S. The lowest BCUT2D eigenvalue weighted by Crippen LogP contribution is -2.45. The first-order valence-electron chi connectivity index (χ1n) is 9.44. The van der Waals surface area contributed by atoms with Crippen LogP contribution in [0.5, 0.6) is 0 Å². The fourth-order valence-corrected chi connectivity index (χ4v) is 4.07. The maximum Gasteiger partial charge on any atom is 0.233 e. The normalized spacial score (nSPS) is 16.4. The van der Waals surface area contributed by atoms with E-state index in [-0.39, 0.29) is 24.2 Å².